The zero-order chi connectivity index (χ0) is 20.8. The van der Waals surface area contributed by atoms with Crippen LogP contribution in [0.5, 0.6) is 0 Å². The van der Waals surface area contributed by atoms with Crippen molar-refractivity contribution in [3.8, 4) is 0 Å². The molecule has 0 saturated carbocycles. The summed E-state index contributed by atoms with van der Waals surface area (Å²) in [6, 6.07) is 18.9. The maximum absolute atomic E-state index is 12.4. The summed E-state index contributed by atoms with van der Waals surface area (Å²) >= 11 is 0. The molecular weight excluding hydrogens is 372 g/mol. The quantitative estimate of drug-likeness (QED) is 0.292. The molecule has 0 radical (unpaired) electrons. The van der Waals surface area contributed by atoms with Crippen molar-refractivity contribution in [1.29, 1.82) is 0 Å². The second kappa shape index (κ2) is 8.79. The number of ether oxygens (including phenoxy) is 1. The van der Waals surface area contributed by atoms with Crippen LogP contribution in [0, 0.1) is 10.1 Å². The third kappa shape index (κ3) is 5.04. The van der Waals surface area contributed by atoms with Gasteiger partial charge in [-0.2, -0.15) is 0 Å². The fourth-order valence-electron chi connectivity index (χ4n) is 2.71. The lowest BCUT2D eigenvalue weighted by atomic mass is 10.1. The topological polar surface area (TPSA) is 98.5 Å². The van der Waals surface area contributed by atoms with Crippen LogP contribution in [0.15, 0.2) is 72.8 Å². The molecule has 146 valence electrons. The highest BCUT2D eigenvalue weighted by molar-refractivity contribution is 6.04. The second-order valence-corrected chi connectivity index (χ2v) is 6.28. The Morgan fingerprint density at radius 2 is 1.72 bits per heavy atom. The molecule has 1 N–H and O–H groups in total. The Kier molecular flexibility index (Phi) is 5.99. The van der Waals surface area contributed by atoms with Gasteiger partial charge < -0.3 is 10.1 Å². The predicted octanol–water partition coefficient (Wildman–Crippen LogP) is 4.33. The molecule has 0 aliphatic carbocycles. The number of nitrogens with one attached hydrogen (secondary N) is 1. The number of fused-ring (bicyclic) bond motifs is 1. The molecule has 3 aromatic rings. The molecule has 3 rings (SSSR count). The summed E-state index contributed by atoms with van der Waals surface area (Å²) in [5.41, 5.74) is 1.20. The van der Waals surface area contributed by atoms with E-state index in [2.05, 4.69) is 5.32 Å². The van der Waals surface area contributed by atoms with Crippen molar-refractivity contribution in [3.63, 3.8) is 0 Å². The van der Waals surface area contributed by atoms with E-state index in [-0.39, 0.29) is 5.69 Å². The van der Waals surface area contributed by atoms with Gasteiger partial charge in [0.05, 0.1) is 4.92 Å². The van der Waals surface area contributed by atoms with Gasteiger partial charge in [0.25, 0.3) is 11.6 Å². The van der Waals surface area contributed by atoms with Crippen LogP contribution in [0.4, 0.5) is 11.4 Å². The number of hydrogen-bond donors (Lipinski definition) is 1. The van der Waals surface area contributed by atoms with E-state index >= 15 is 0 Å². The number of esters is 1. The molecule has 7 heteroatoms. The number of amides is 1. The first-order valence-corrected chi connectivity index (χ1v) is 8.86. The summed E-state index contributed by atoms with van der Waals surface area (Å²) in [6.07, 6.45) is 1.63. The SMILES string of the molecule is C[C@@H](OC(=O)/C=C/c1ccc([N+](=O)[O-])cc1)C(=O)Nc1cccc2ccccc12. The Bertz CT molecular complexity index is 1080. The minimum Gasteiger partial charge on any atom is -0.449 e. The van der Waals surface area contributed by atoms with Crippen molar-refractivity contribution in [1.82, 2.24) is 0 Å². The third-order valence-electron chi connectivity index (χ3n) is 4.23. The lowest BCUT2D eigenvalue weighted by Crippen LogP contribution is -2.29. The van der Waals surface area contributed by atoms with E-state index in [0.717, 1.165) is 10.8 Å². The molecule has 0 unspecified atom stereocenters. The van der Waals surface area contributed by atoms with E-state index in [1.807, 2.05) is 36.4 Å². The highest BCUT2D eigenvalue weighted by Gasteiger charge is 2.17. The van der Waals surface area contributed by atoms with E-state index in [9.17, 15) is 19.7 Å². The molecule has 7 nitrogen and oxygen atoms in total. The summed E-state index contributed by atoms with van der Waals surface area (Å²) in [4.78, 5) is 34.5. The number of nitrogens with zero attached hydrogens (tertiary/aromatic N) is 1. The molecule has 0 heterocycles. The molecule has 3 aromatic carbocycles. The Morgan fingerprint density at radius 3 is 2.45 bits per heavy atom. The lowest BCUT2D eigenvalue weighted by molar-refractivity contribution is -0.384. The van der Waals surface area contributed by atoms with E-state index in [1.165, 1.54) is 43.3 Å². The molecule has 0 bridgehead atoms. The zero-order valence-electron chi connectivity index (χ0n) is 15.6. The maximum Gasteiger partial charge on any atom is 0.331 e. The van der Waals surface area contributed by atoms with Gasteiger partial charge in [0.15, 0.2) is 6.10 Å². The number of non-ortho nitro benzene ring substituents is 1. The smallest absolute Gasteiger partial charge is 0.331 e. The van der Waals surface area contributed by atoms with Crippen molar-refractivity contribution in [2.24, 2.45) is 0 Å². The van der Waals surface area contributed by atoms with Crippen LogP contribution in [0.2, 0.25) is 0 Å². The van der Waals surface area contributed by atoms with Gasteiger partial charge in [0.1, 0.15) is 0 Å². The molecule has 0 saturated heterocycles. The summed E-state index contributed by atoms with van der Waals surface area (Å²) in [5, 5.41) is 15.3. The third-order valence-corrected chi connectivity index (χ3v) is 4.23. The number of carbonyl (C=O) groups is 2. The largest absolute Gasteiger partial charge is 0.449 e. The summed E-state index contributed by atoms with van der Waals surface area (Å²) in [5.74, 6) is -1.14. The van der Waals surface area contributed by atoms with E-state index in [4.69, 9.17) is 4.74 Å². The first-order chi connectivity index (χ1) is 13.9. The Labute approximate surface area is 166 Å². The van der Waals surface area contributed by atoms with Crippen LogP contribution < -0.4 is 5.32 Å². The number of rotatable bonds is 6. The van der Waals surface area contributed by atoms with Crippen molar-refractivity contribution >= 4 is 40.1 Å². The average Bonchev–Trinajstić information content (AvgIpc) is 2.72. The maximum atomic E-state index is 12.4. The van der Waals surface area contributed by atoms with Gasteiger partial charge in [-0.25, -0.2) is 4.79 Å². The van der Waals surface area contributed by atoms with Crippen LogP contribution in [-0.2, 0) is 14.3 Å². The molecule has 0 aliphatic heterocycles. The van der Waals surface area contributed by atoms with E-state index in [0.29, 0.717) is 11.3 Å². The fourth-order valence-corrected chi connectivity index (χ4v) is 2.71. The molecule has 0 aromatic heterocycles. The minimum absolute atomic E-state index is 0.0385. The first kappa shape index (κ1) is 19.8. The van der Waals surface area contributed by atoms with Crippen LogP contribution in [-0.4, -0.2) is 22.9 Å². The van der Waals surface area contributed by atoms with Crippen molar-refractivity contribution in [3.05, 3.63) is 88.5 Å². The van der Waals surface area contributed by atoms with Crippen LogP contribution in [0.3, 0.4) is 0 Å². The summed E-state index contributed by atoms with van der Waals surface area (Å²) in [7, 11) is 0. The van der Waals surface area contributed by atoms with Crippen LogP contribution >= 0.6 is 0 Å². The molecule has 29 heavy (non-hydrogen) atoms. The predicted molar refractivity (Wildman–Crippen MR) is 110 cm³/mol. The van der Waals surface area contributed by atoms with Crippen molar-refractivity contribution in [2.75, 3.05) is 5.32 Å². The van der Waals surface area contributed by atoms with Crippen molar-refractivity contribution < 1.29 is 19.2 Å². The fraction of sp³-hybridized carbons (Fsp3) is 0.0909. The van der Waals surface area contributed by atoms with Crippen LogP contribution in [0.1, 0.15) is 12.5 Å². The van der Waals surface area contributed by atoms with E-state index in [1.54, 1.807) is 6.07 Å². The molecule has 0 aliphatic rings. The van der Waals surface area contributed by atoms with Gasteiger partial charge in [-0.3, -0.25) is 14.9 Å². The number of nitro groups is 1. The van der Waals surface area contributed by atoms with Gasteiger partial charge in [-0.05, 0) is 42.1 Å². The summed E-state index contributed by atoms with van der Waals surface area (Å²) in [6.45, 7) is 1.48. The Hall–Kier alpha value is -4.00. The standard InChI is InChI=1S/C22H18N2O5/c1-15(22(26)23-20-8-4-6-17-5-2-3-7-19(17)20)29-21(25)14-11-16-9-12-18(13-10-16)24(27)28/h2-15H,1H3,(H,23,26)/b14-11+/t15-/m1/s1. The molecule has 0 fully saturated rings. The second-order valence-electron chi connectivity index (χ2n) is 6.28. The highest BCUT2D eigenvalue weighted by Crippen LogP contribution is 2.23. The Morgan fingerprint density at radius 1 is 1.03 bits per heavy atom. The Balaban J connectivity index is 1.60. The van der Waals surface area contributed by atoms with Crippen molar-refractivity contribution in [2.45, 2.75) is 13.0 Å². The molecular formula is C22H18N2O5. The van der Waals surface area contributed by atoms with Crippen LogP contribution in [0.25, 0.3) is 16.8 Å². The van der Waals surface area contributed by atoms with Gasteiger partial charge in [-0.1, -0.05) is 36.4 Å². The number of anilines is 1. The number of nitro benzene ring substituents is 1. The molecule has 0 spiro atoms. The number of benzene rings is 3. The number of carbonyl (C=O) groups excluding carboxylic acids is 2. The van der Waals surface area contributed by atoms with Gasteiger partial charge in [0, 0.05) is 29.3 Å². The monoisotopic (exact) mass is 390 g/mol. The van der Waals surface area contributed by atoms with E-state index < -0.39 is 22.9 Å². The molecule has 1 amide bonds. The average molecular weight is 390 g/mol. The van der Waals surface area contributed by atoms with Gasteiger partial charge in [0.2, 0.25) is 0 Å². The van der Waals surface area contributed by atoms with Gasteiger partial charge >= 0.3 is 5.97 Å². The molecule has 1 atom stereocenters. The summed E-state index contributed by atoms with van der Waals surface area (Å²) < 4.78 is 5.13. The lowest BCUT2D eigenvalue weighted by Gasteiger charge is -2.13. The minimum atomic E-state index is -0.997. The zero-order valence-corrected chi connectivity index (χ0v) is 15.6. The van der Waals surface area contributed by atoms with Gasteiger partial charge in [-0.15, -0.1) is 0 Å². The normalized spacial score (nSPS) is 11.9. The highest BCUT2D eigenvalue weighted by atomic mass is 16.6. The number of hydrogen-bond acceptors (Lipinski definition) is 5. The first-order valence-electron chi connectivity index (χ1n) is 8.86.